The Kier molecular flexibility index (Phi) is 4.74. The molecule has 2 nitrogen and oxygen atoms in total. The molecule has 5 heteroatoms. The molecule has 0 aliphatic rings. The predicted octanol–water partition coefficient (Wildman–Crippen LogP) is 3.93. The lowest BCUT2D eigenvalue weighted by atomic mass is 10.0. The zero-order chi connectivity index (χ0) is 14.5. The highest BCUT2D eigenvalue weighted by molar-refractivity contribution is 7.99. The first-order valence-corrected chi connectivity index (χ1v) is 6.92. The van der Waals surface area contributed by atoms with Crippen LogP contribution in [0.4, 0.5) is 8.78 Å². The largest absolute Gasteiger partial charge is 0.481 e. The van der Waals surface area contributed by atoms with Crippen molar-refractivity contribution in [3.8, 4) is 0 Å². The number of carbonyl (C=O) groups is 1. The zero-order valence-electron chi connectivity index (χ0n) is 10.4. The van der Waals surface area contributed by atoms with Crippen molar-refractivity contribution >= 4 is 17.7 Å². The first-order chi connectivity index (χ1) is 9.58. The normalized spacial score (nSPS) is 12.1. The fourth-order valence-electron chi connectivity index (χ4n) is 1.74. The molecule has 0 aromatic heterocycles. The number of carboxylic acid groups (broad SMARTS) is 1. The van der Waals surface area contributed by atoms with Crippen LogP contribution in [0.1, 0.15) is 11.5 Å². The maximum atomic E-state index is 13.1. The molecular weight excluding hydrogens is 282 g/mol. The summed E-state index contributed by atoms with van der Waals surface area (Å²) in [6.07, 6.45) is 0. The minimum Gasteiger partial charge on any atom is -0.481 e. The summed E-state index contributed by atoms with van der Waals surface area (Å²) in [6, 6.07) is 12.4. The molecule has 2 aromatic rings. The zero-order valence-corrected chi connectivity index (χ0v) is 11.2. The maximum absolute atomic E-state index is 13.1. The van der Waals surface area contributed by atoms with Gasteiger partial charge in [-0.2, -0.15) is 0 Å². The topological polar surface area (TPSA) is 37.3 Å². The van der Waals surface area contributed by atoms with Crippen molar-refractivity contribution in [2.45, 2.75) is 10.8 Å². The first-order valence-electron chi connectivity index (χ1n) is 5.93. The first kappa shape index (κ1) is 14.5. The van der Waals surface area contributed by atoms with Crippen LogP contribution < -0.4 is 0 Å². The van der Waals surface area contributed by atoms with Crippen molar-refractivity contribution < 1.29 is 18.7 Å². The van der Waals surface area contributed by atoms with Gasteiger partial charge in [0.1, 0.15) is 0 Å². The summed E-state index contributed by atoms with van der Waals surface area (Å²) >= 11 is 1.19. The van der Waals surface area contributed by atoms with E-state index in [0.29, 0.717) is 10.5 Å². The number of hydrogen-bond acceptors (Lipinski definition) is 2. The van der Waals surface area contributed by atoms with E-state index in [-0.39, 0.29) is 5.75 Å². The van der Waals surface area contributed by atoms with Crippen molar-refractivity contribution in [1.82, 2.24) is 0 Å². The number of benzene rings is 2. The van der Waals surface area contributed by atoms with Crippen molar-refractivity contribution in [1.29, 1.82) is 0 Å². The summed E-state index contributed by atoms with van der Waals surface area (Å²) in [6.45, 7) is 0. The Morgan fingerprint density at radius 3 is 2.40 bits per heavy atom. The summed E-state index contributed by atoms with van der Waals surface area (Å²) in [5.41, 5.74) is 0.690. The molecule has 1 unspecified atom stereocenters. The van der Waals surface area contributed by atoms with E-state index in [0.717, 1.165) is 12.1 Å². The number of aliphatic carboxylic acids is 1. The predicted molar refractivity (Wildman–Crippen MR) is 73.9 cm³/mol. The molecule has 0 amide bonds. The lowest BCUT2D eigenvalue weighted by Gasteiger charge is -2.12. The second kappa shape index (κ2) is 6.52. The molecule has 1 N–H and O–H groups in total. The number of carboxylic acids is 1. The van der Waals surface area contributed by atoms with Crippen LogP contribution in [0.2, 0.25) is 0 Å². The van der Waals surface area contributed by atoms with Crippen molar-refractivity contribution in [2.24, 2.45) is 0 Å². The van der Waals surface area contributed by atoms with E-state index in [1.165, 1.54) is 17.8 Å². The number of thioether (sulfide) groups is 1. The molecule has 0 aliphatic heterocycles. The van der Waals surface area contributed by atoms with Gasteiger partial charge in [-0.1, -0.05) is 30.3 Å². The molecule has 0 saturated carbocycles. The van der Waals surface area contributed by atoms with Gasteiger partial charge >= 0.3 is 5.97 Å². The lowest BCUT2D eigenvalue weighted by Crippen LogP contribution is -2.14. The Morgan fingerprint density at radius 1 is 1.10 bits per heavy atom. The van der Waals surface area contributed by atoms with Gasteiger partial charge in [-0.25, -0.2) is 8.78 Å². The van der Waals surface area contributed by atoms with Crippen LogP contribution in [-0.2, 0) is 4.79 Å². The van der Waals surface area contributed by atoms with Gasteiger partial charge in [0, 0.05) is 10.6 Å². The van der Waals surface area contributed by atoms with E-state index in [4.69, 9.17) is 0 Å². The summed E-state index contributed by atoms with van der Waals surface area (Å²) in [5, 5.41) is 9.26. The van der Waals surface area contributed by atoms with Crippen LogP contribution in [0.3, 0.4) is 0 Å². The molecule has 0 aliphatic carbocycles. The Morgan fingerprint density at radius 2 is 1.80 bits per heavy atom. The Hall–Kier alpha value is -1.88. The molecular formula is C15H12F2O2S. The lowest BCUT2D eigenvalue weighted by molar-refractivity contribution is -0.138. The molecule has 0 radical (unpaired) electrons. The molecule has 2 aromatic carbocycles. The third kappa shape index (κ3) is 3.57. The summed E-state index contributed by atoms with van der Waals surface area (Å²) in [5.74, 6) is -3.21. The van der Waals surface area contributed by atoms with Crippen LogP contribution in [0.25, 0.3) is 0 Å². The number of rotatable bonds is 5. The fraction of sp³-hybridized carbons (Fsp3) is 0.133. The second-order valence-electron chi connectivity index (χ2n) is 4.19. The molecule has 20 heavy (non-hydrogen) atoms. The highest BCUT2D eigenvalue weighted by Crippen LogP contribution is 2.27. The quantitative estimate of drug-likeness (QED) is 0.849. The van der Waals surface area contributed by atoms with E-state index in [1.54, 1.807) is 24.3 Å². The van der Waals surface area contributed by atoms with E-state index < -0.39 is 23.5 Å². The Balaban J connectivity index is 2.10. The molecule has 0 spiro atoms. The molecule has 2 rings (SSSR count). The van der Waals surface area contributed by atoms with E-state index in [1.807, 2.05) is 6.07 Å². The average molecular weight is 294 g/mol. The van der Waals surface area contributed by atoms with Gasteiger partial charge < -0.3 is 5.11 Å². The third-order valence-corrected chi connectivity index (χ3v) is 3.90. The number of halogens is 2. The Labute approximate surface area is 119 Å². The van der Waals surface area contributed by atoms with Crippen molar-refractivity contribution in [2.75, 3.05) is 5.75 Å². The monoisotopic (exact) mass is 294 g/mol. The molecule has 0 saturated heterocycles. The van der Waals surface area contributed by atoms with Gasteiger partial charge in [-0.15, -0.1) is 11.8 Å². The highest BCUT2D eigenvalue weighted by Gasteiger charge is 2.20. The van der Waals surface area contributed by atoms with E-state index in [9.17, 15) is 18.7 Å². The minimum absolute atomic E-state index is 0.254. The van der Waals surface area contributed by atoms with Gasteiger partial charge in [0.2, 0.25) is 0 Å². The summed E-state index contributed by atoms with van der Waals surface area (Å²) in [7, 11) is 0. The molecule has 0 fully saturated rings. The standard InChI is InChI=1S/C15H12F2O2S/c16-13-7-6-11(8-14(13)17)20-9-12(15(18)19)10-4-2-1-3-5-10/h1-8,12H,9H2,(H,18,19). The van der Waals surface area contributed by atoms with E-state index >= 15 is 0 Å². The summed E-state index contributed by atoms with van der Waals surface area (Å²) < 4.78 is 25.9. The minimum atomic E-state index is -0.939. The Bertz CT molecular complexity index is 602. The molecule has 0 bridgehead atoms. The van der Waals surface area contributed by atoms with Gasteiger partial charge in [0.25, 0.3) is 0 Å². The van der Waals surface area contributed by atoms with Crippen LogP contribution in [0.5, 0.6) is 0 Å². The SMILES string of the molecule is O=C(O)C(CSc1ccc(F)c(F)c1)c1ccccc1. The number of hydrogen-bond donors (Lipinski definition) is 1. The van der Waals surface area contributed by atoms with Gasteiger partial charge in [-0.3, -0.25) is 4.79 Å². The third-order valence-electron chi connectivity index (χ3n) is 2.81. The van der Waals surface area contributed by atoms with E-state index in [2.05, 4.69) is 0 Å². The summed E-state index contributed by atoms with van der Waals surface area (Å²) in [4.78, 5) is 11.8. The smallest absolute Gasteiger partial charge is 0.311 e. The van der Waals surface area contributed by atoms with Crippen LogP contribution in [-0.4, -0.2) is 16.8 Å². The fourth-order valence-corrected chi connectivity index (χ4v) is 2.79. The molecule has 104 valence electrons. The average Bonchev–Trinajstić information content (AvgIpc) is 2.44. The second-order valence-corrected chi connectivity index (χ2v) is 5.28. The molecule has 0 heterocycles. The van der Waals surface area contributed by atoms with Gasteiger partial charge in [-0.05, 0) is 23.8 Å². The van der Waals surface area contributed by atoms with Crippen LogP contribution in [0, 0.1) is 11.6 Å². The highest BCUT2D eigenvalue weighted by atomic mass is 32.2. The maximum Gasteiger partial charge on any atom is 0.311 e. The van der Waals surface area contributed by atoms with Gasteiger partial charge in [0.05, 0.1) is 5.92 Å². The molecule has 1 atom stereocenters. The van der Waals surface area contributed by atoms with Crippen LogP contribution >= 0.6 is 11.8 Å². The van der Waals surface area contributed by atoms with Crippen LogP contribution in [0.15, 0.2) is 53.4 Å². The van der Waals surface area contributed by atoms with Crippen molar-refractivity contribution in [3.05, 3.63) is 65.7 Å². The van der Waals surface area contributed by atoms with Crippen molar-refractivity contribution in [3.63, 3.8) is 0 Å². The van der Waals surface area contributed by atoms with Gasteiger partial charge in [0.15, 0.2) is 11.6 Å².